The van der Waals surface area contributed by atoms with Gasteiger partial charge in [0.05, 0.1) is 19.7 Å². The van der Waals surface area contributed by atoms with Gasteiger partial charge >= 0.3 is 0 Å². The third-order valence-electron chi connectivity index (χ3n) is 3.05. The van der Waals surface area contributed by atoms with Crippen LogP contribution in [0, 0.1) is 0 Å². The molecule has 0 bridgehead atoms. The molecule has 1 N–H and O–H groups in total. The van der Waals surface area contributed by atoms with E-state index in [0.29, 0.717) is 41.1 Å². The van der Waals surface area contributed by atoms with Crippen LogP contribution in [0.2, 0.25) is 0 Å². The number of nitrogens with one attached hydrogen (secondary N) is 1. The lowest BCUT2D eigenvalue weighted by molar-refractivity contribution is -0.297. The number of benzene rings is 1. The van der Waals surface area contributed by atoms with E-state index in [1.807, 2.05) is 13.8 Å². The molecular weight excluding hydrogens is 330 g/mol. The quantitative estimate of drug-likeness (QED) is 0.572. The number of aromatic amines is 1. The predicted octanol–water partition coefficient (Wildman–Crippen LogP) is 1.66. The summed E-state index contributed by atoms with van der Waals surface area (Å²) in [7, 11) is 1.53. The first-order valence-corrected chi connectivity index (χ1v) is 8.22. The van der Waals surface area contributed by atoms with E-state index in [9.17, 15) is 9.90 Å². The van der Waals surface area contributed by atoms with Gasteiger partial charge in [0.2, 0.25) is 5.16 Å². The highest BCUT2D eigenvalue weighted by molar-refractivity contribution is 8.04. The van der Waals surface area contributed by atoms with Gasteiger partial charge in [0.15, 0.2) is 11.5 Å². The number of nitrogens with zero attached hydrogens (tertiary/aromatic N) is 2. The van der Waals surface area contributed by atoms with Crippen molar-refractivity contribution in [1.29, 1.82) is 0 Å². The summed E-state index contributed by atoms with van der Waals surface area (Å²) in [5.74, 6) is 0.380. The SMILES string of the molecule is CCOc1c(/C=C(\Sc2n[nH]c(CC)n2)C(=O)[O-])cccc1OC. The van der Waals surface area contributed by atoms with Crippen LogP contribution in [0.15, 0.2) is 28.3 Å². The zero-order valence-electron chi connectivity index (χ0n) is 13.7. The number of methoxy groups -OCH3 is 1. The van der Waals surface area contributed by atoms with Crippen LogP contribution in [0.25, 0.3) is 6.08 Å². The summed E-state index contributed by atoms with van der Waals surface area (Å²) >= 11 is 0.917. The van der Waals surface area contributed by atoms with E-state index < -0.39 is 5.97 Å². The molecule has 0 aliphatic heterocycles. The van der Waals surface area contributed by atoms with Crippen molar-refractivity contribution in [3.63, 3.8) is 0 Å². The van der Waals surface area contributed by atoms with Crippen LogP contribution < -0.4 is 14.6 Å². The summed E-state index contributed by atoms with van der Waals surface area (Å²) in [6, 6.07) is 5.25. The van der Waals surface area contributed by atoms with Crippen LogP contribution in [0.3, 0.4) is 0 Å². The number of hydrogen-bond acceptors (Lipinski definition) is 7. The smallest absolute Gasteiger partial charge is 0.213 e. The maximum atomic E-state index is 11.5. The van der Waals surface area contributed by atoms with E-state index in [1.54, 1.807) is 18.2 Å². The number of carbonyl (C=O) groups is 1. The molecule has 0 spiro atoms. The fraction of sp³-hybridized carbons (Fsp3) is 0.312. The van der Waals surface area contributed by atoms with Crippen molar-refractivity contribution in [2.24, 2.45) is 0 Å². The number of carboxylic acids is 1. The average Bonchev–Trinajstić information content (AvgIpc) is 3.03. The number of hydrogen-bond donors (Lipinski definition) is 1. The standard InChI is InChI=1S/C16H19N3O4S/c1-4-13-17-16(19-18-13)24-12(15(20)21)9-10-7-6-8-11(22-3)14(10)23-5-2/h6-9H,4-5H2,1-3H3,(H,20,21)(H,17,18,19)/p-1/b12-9-. The molecule has 0 atom stereocenters. The third kappa shape index (κ3) is 4.29. The summed E-state index contributed by atoms with van der Waals surface area (Å²) in [6.07, 6.45) is 2.15. The van der Waals surface area contributed by atoms with Crippen LogP contribution in [0.5, 0.6) is 11.5 Å². The molecular formula is C16H18N3O4S-. The Morgan fingerprint density at radius 2 is 2.21 bits per heavy atom. The largest absolute Gasteiger partial charge is 0.544 e. The normalized spacial score (nSPS) is 11.4. The number of aryl methyl sites for hydroxylation is 1. The molecule has 1 heterocycles. The summed E-state index contributed by atoms with van der Waals surface area (Å²) in [5.41, 5.74) is 0.578. The van der Waals surface area contributed by atoms with Crippen LogP contribution in [-0.2, 0) is 11.2 Å². The molecule has 0 aliphatic carbocycles. The van der Waals surface area contributed by atoms with E-state index in [-0.39, 0.29) is 4.91 Å². The molecule has 2 aromatic rings. The van der Waals surface area contributed by atoms with Gasteiger partial charge in [0.25, 0.3) is 0 Å². The molecule has 0 fully saturated rings. The third-order valence-corrected chi connectivity index (χ3v) is 3.92. The van der Waals surface area contributed by atoms with E-state index in [4.69, 9.17) is 9.47 Å². The molecule has 24 heavy (non-hydrogen) atoms. The maximum Gasteiger partial charge on any atom is 0.213 e. The summed E-state index contributed by atoms with van der Waals surface area (Å²) in [5, 5.41) is 18.5. The first-order chi connectivity index (χ1) is 11.6. The minimum atomic E-state index is -1.31. The highest BCUT2D eigenvalue weighted by Crippen LogP contribution is 2.34. The summed E-state index contributed by atoms with van der Waals surface area (Å²) in [4.78, 5) is 15.6. The number of aromatic nitrogens is 3. The number of ether oxygens (including phenoxy) is 2. The molecule has 7 nitrogen and oxygen atoms in total. The van der Waals surface area contributed by atoms with Crippen LogP contribution >= 0.6 is 11.8 Å². The molecule has 0 unspecified atom stereocenters. The van der Waals surface area contributed by atoms with Gasteiger partial charge in [0.1, 0.15) is 5.82 Å². The predicted molar refractivity (Wildman–Crippen MR) is 88.8 cm³/mol. The molecule has 0 saturated carbocycles. The second-order valence-electron chi connectivity index (χ2n) is 4.63. The molecule has 0 amide bonds. The number of carboxylic acid groups (broad SMARTS) is 1. The maximum absolute atomic E-state index is 11.5. The Labute approximate surface area is 144 Å². The lowest BCUT2D eigenvalue weighted by Gasteiger charge is -2.13. The van der Waals surface area contributed by atoms with Gasteiger partial charge in [-0.15, -0.1) is 5.10 Å². The minimum Gasteiger partial charge on any atom is -0.544 e. The van der Waals surface area contributed by atoms with Gasteiger partial charge in [-0.05, 0) is 30.8 Å². The second kappa shape index (κ2) is 8.39. The molecule has 1 aromatic heterocycles. The lowest BCUT2D eigenvalue weighted by Crippen LogP contribution is -2.23. The lowest BCUT2D eigenvalue weighted by atomic mass is 10.1. The van der Waals surface area contributed by atoms with Crippen molar-refractivity contribution in [2.45, 2.75) is 25.4 Å². The molecule has 1 aromatic carbocycles. The Kier molecular flexibility index (Phi) is 6.25. The fourth-order valence-electron chi connectivity index (χ4n) is 1.96. The van der Waals surface area contributed by atoms with E-state index in [2.05, 4.69) is 15.2 Å². The van der Waals surface area contributed by atoms with Crippen molar-refractivity contribution in [3.8, 4) is 11.5 Å². The Balaban J connectivity index is 2.38. The number of rotatable bonds is 8. The Hall–Kier alpha value is -2.48. The van der Waals surface area contributed by atoms with Gasteiger partial charge in [0, 0.05) is 16.9 Å². The van der Waals surface area contributed by atoms with Crippen LogP contribution in [-0.4, -0.2) is 34.9 Å². The number of thioether (sulfide) groups is 1. The molecule has 0 saturated heterocycles. The van der Waals surface area contributed by atoms with Crippen molar-refractivity contribution in [1.82, 2.24) is 15.2 Å². The van der Waals surface area contributed by atoms with Crippen molar-refractivity contribution < 1.29 is 19.4 Å². The van der Waals surface area contributed by atoms with Gasteiger partial charge in [-0.2, -0.15) is 0 Å². The van der Waals surface area contributed by atoms with Gasteiger partial charge in [-0.3, -0.25) is 5.10 Å². The number of H-pyrrole nitrogens is 1. The Morgan fingerprint density at radius 1 is 1.42 bits per heavy atom. The second-order valence-corrected chi connectivity index (χ2v) is 5.64. The molecule has 0 radical (unpaired) electrons. The highest BCUT2D eigenvalue weighted by atomic mass is 32.2. The number of para-hydroxylation sites is 1. The molecule has 128 valence electrons. The molecule has 2 rings (SSSR count). The average molecular weight is 348 g/mol. The van der Waals surface area contributed by atoms with Crippen molar-refractivity contribution in [2.75, 3.05) is 13.7 Å². The number of aliphatic carboxylic acids is 1. The summed E-state index contributed by atoms with van der Waals surface area (Å²) in [6.45, 7) is 4.19. The molecule has 8 heteroatoms. The summed E-state index contributed by atoms with van der Waals surface area (Å²) < 4.78 is 10.8. The minimum absolute atomic E-state index is 0.0224. The first kappa shape index (κ1) is 17.9. The topological polar surface area (TPSA) is 100 Å². The van der Waals surface area contributed by atoms with Crippen molar-refractivity contribution >= 4 is 23.8 Å². The van der Waals surface area contributed by atoms with Gasteiger partial charge in [-0.1, -0.05) is 19.1 Å². The highest BCUT2D eigenvalue weighted by Gasteiger charge is 2.12. The van der Waals surface area contributed by atoms with Crippen LogP contribution in [0.1, 0.15) is 25.2 Å². The van der Waals surface area contributed by atoms with E-state index >= 15 is 0 Å². The zero-order chi connectivity index (χ0) is 17.5. The van der Waals surface area contributed by atoms with E-state index in [1.165, 1.54) is 13.2 Å². The fourth-order valence-corrected chi connectivity index (χ4v) is 2.67. The first-order valence-electron chi connectivity index (χ1n) is 7.41. The van der Waals surface area contributed by atoms with Crippen LogP contribution in [0.4, 0.5) is 0 Å². The Morgan fingerprint density at radius 3 is 2.79 bits per heavy atom. The monoisotopic (exact) mass is 348 g/mol. The zero-order valence-corrected chi connectivity index (χ0v) is 14.5. The Bertz CT molecular complexity index is 743. The van der Waals surface area contributed by atoms with Gasteiger partial charge in [-0.25, -0.2) is 4.98 Å². The van der Waals surface area contributed by atoms with Gasteiger partial charge < -0.3 is 19.4 Å². The van der Waals surface area contributed by atoms with Crippen molar-refractivity contribution in [3.05, 3.63) is 34.5 Å². The van der Waals surface area contributed by atoms with E-state index in [0.717, 1.165) is 11.8 Å². The number of carbonyl (C=O) groups excluding carboxylic acids is 1. The molecule has 0 aliphatic rings.